The Hall–Kier alpha value is -1.61. The van der Waals surface area contributed by atoms with Gasteiger partial charge in [-0.05, 0) is 73.7 Å². The number of aliphatic hydroxyl groups is 8. The fourth-order valence-corrected chi connectivity index (χ4v) is 12.9. The summed E-state index contributed by atoms with van der Waals surface area (Å²) in [5, 5.41) is 87.7. The van der Waals surface area contributed by atoms with Gasteiger partial charge in [-0.25, -0.2) is 0 Å². The van der Waals surface area contributed by atoms with Crippen molar-refractivity contribution in [2.24, 2.45) is 40.4 Å². The lowest BCUT2D eigenvalue weighted by molar-refractivity contribution is -0.374. The zero-order valence-electron chi connectivity index (χ0n) is 33.3. The Balaban J connectivity index is 1.05. The van der Waals surface area contributed by atoms with E-state index in [2.05, 4.69) is 33.4 Å². The minimum Gasteiger partial charge on any atom is -0.457 e. The molecule has 16 nitrogen and oxygen atoms in total. The Morgan fingerprint density at radius 3 is 2.35 bits per heavy atom. The van der Waals surface area contributed by atoms with Gasteiger partial charge in [0.25, 0.3) is 0 Å². The predicted octanol–water partition coefficient (Wildman–Crippen LogP) is -0.207. The molecule has 0 amide bonds. The molecule has 4 heterocycles. The number of carbonyl (C=O) groups is 1. The lowest BCUT2D eigenvalue weighted by Gasteiger charge is -2.60. The molecule has 4 aliphatic heterocycles. The van der Waals surface area contributed by atoms with Crippen molar-refractivity contribution in [3.63, 3.8) is 0 Å². The average Bonchev–Trinajstić information content (AvgIpc) is 3.62. The summed E-state index contributed by atoms with van der Waals surface area (Å²) in [5.74, 6) is -1.52. The topological polar surface area (TPSA) is 244 Å². The normalized spacial score (nSPS) is 56.0. The molecule has 57 heavy (non-hydrogen) atoms. The summed E-state index contributed by atoms with van der Waals surface area (Å²) in [7, 11) is 0. The Kier molecular flexibility index (Phi) is 11.1. The molecule has 8 N–H and O–H groups in total. The van der Waals surface area contributed by atoms with E-state index in [0.29, 0.717) is 12.0 Å². The molecule has 7 fully saturated rings. The third-order valence-corrected chi connectivity index (χ3v) is 15.8. The van der Waals surface area contributed by atoms with Gasteiger partial charge in [0.15, 0.2) is 18.7 Å². The first kappa shape index (κ1) is 42.1. The van der Waals surface area contributed by atoms with Crippen LogP contribution >= 0.6 is 0 Å². The lowest BCUT2D eigenvalue weighted by Crippen LogP contribution is -2.65. The second-order valence-corrected chi connectivity index (χ2v) is 18.7. The van der Waals surface area contributed by atoms with Gasteiger partial charge in [-0.15, -0.1) is 0 Å². The number of fused-ring (bicyclic) bond motifs is 7. The molecule has 0 radical (unpaired) electrons. The zero-order valence-corrected chi connectivity index (χ0v) is 33.3. The van der Waals surface area contributed by atoms with Gasteiger partial charge in [-0.3, -0.25) is 4.79 Å². The van der Waals surface area contributed by atoms with Crippen molar-refractivity contribution in [2.75, 3.05) is 13.2 Å². The van der Waals surface area contributed by atoms with E-state index in [1.807, 2.05) is 0 Å². The number of allylic oxidation sites excluding steroid dienone is 1. The summed E-state index contributed by atoms with van der Waals surface area (Å²) < 4.78 is 43.0. The van der Waals surface area contributed by atoms with Crippen molar-refractivity contribution >= 4 is 5.97 Å². The van der Waals surface area contributed by atoms with E-state index >= 15 is 0 Å². The maximum absolute atomic E-state index is 11.7. The van der Waals surface area contributed by atoms with Crippen molar-refractivity contribution in [1.82, 2.24) is 0 Å². The van der Waals surface area contributed by atoms with Crippen LogP contribution in [0.1, 0.15) is 73.1 Å². The Morgan fingerprint density at radius 1 is 0.930 bits per heavy atom. The Morgan fingerprint density at radius 2 is 1.65 bits per heavy atom. The van der Waals surface area contributed by atoms with Gasteiger partial charge >= 0.3 is 5.97 Å². The van der Waals surface area contributed by atoms with Crippen LogP contribution in [0.15, 0.2) is 23.8 Å². The highest BCUT2D eigenvalue weighted by Crippen LogP contribution is 2.71. The van der Waals surface area contributed by atoms with E-state index in [1.165, 1.54) is 13.8 Å². The first-order valence-corrected chi connectivity index (χ1v) is 20.7. The van der Waals surface area contributed by atoms with E-state index in [4.69, 9.17) is 33.2 Å². The second kappa shape index (κ2) is 15.1. The van der Waals surface area contributed by atoms with E-state index < -0.39 is 110 Å². The molecular formula is C41H62O16. The smallest absolute Gasteiger partial charge is 0.303 e. The van der Waals surface area contributed by atoms with E-state index in [1.54, 1.807) is 0 Å². The number of hydrogen-bond donors (Lipinski definition) is 8. The van der Waals surface area contributed by atoms with Crippen LogP contribution in [-0.4, -0.2) is 158 Å². The summed E-state index contributed by atoms with van der Waals surface area (Å²) >= 11 is 0. The molecule has 23 atom stereocenters. The molecule has 3 saturated carbocycles. The Bertz CT molecular complexity index is 1580. The lowest BCUT2D eigenvalue weighted by atomic mass is 9.46. The molecule has 4 saturated heterocycles. The van der Waals surface area contributed by atoms with Crippen molar-refractivity contribution in [1.29, 1.82) is 0 Å². The first-order chi connectivity index (χ1) is 26.9. The van der Waals surface area contributed by atoms with Crippen LogP contribution in [0, 0.1) is 40.4 Å². The molecule has 0 aromatic heterocycles. The Labute approximate surface area is 332 Å². The zero-order chi connectivity index (χ0) is 41.1. The number of rotatable bonds is 6. The van der Waals surface area contributed by atoms with Gasteiger partial charge in [0.05, 0.1) is 37.6 Å². The number of aliphatic hydroxyl groups excluding tert-OH is 8. The maximum Gasteiger partial charge on any atom is 0.303 e. The van der Waals surface area contributed by atoms with Crippen LogP contribution in [0.4, 0.5) is 0 Å². The highest BCUT2D eigenvalue weighted by atomic mass is 16.8. The molecule has 0 unspecified atom stereocenters. The van der Waals surface area contributed by atoms with Crippen LogP contribution in [0.5, 0.6) is 0 Å². The quantitative estimate of drug-likeness (QED) is 0.128. The van der Waals surface area contributed by atoms with Gasteiger partial charge in [0.1, 0.15) is 48.8 Å². The summed E-state index contributed by atoms with van der Waals surface area (Å²) in [6.45, 7) is 12.6. The van der Waals surface area contributed by atoms with Crippen LogP contribution in [-0.2, 0) is 38.0 Å². The average molecular weight is 811 g/mol. The standard InChI is InChI=1S/C41H62O16/c1-16-15-51-41(36(50)29(16)45)17(2)28-25(57-41)13-24-22-8-7-20-11-21(44)12-27(40(20,6)23(22)9-10-39(24,28)5)55-38-35(31(47)30(46)26(14-42)54-38)56-37-33(49)32(48)34(18(3)52-37)53-19(4)43/h7,17-18,21-38,42,44-50H,1,8-15H2,2-6H3/t17-,18-,21+,22+,23-,24-,25-,26+,27+,28-,29-,30-,31-,32-,33+,34-,35+,36-,37-,38-,39-,40-,41-/m0/s1. The van der Waals surface area contributed by atoms with Crippen molar-refractivity contribution in [2.45, 2.75) is 171 Å². The number of hydrogen-bond acceptors (Lipinski definition) is 16. The molecular weight excluding hydrogens is 748 g/mol. The third kappa shape index (κ3) is 6.43. The van der Waals surface area contributed by atoms with Crippen molar-refractivity contribution in [3.05, 3.63) is 23.8 Å². The van der Waals surface area contributed by atoms with Gasteiger partial charge in [0.2, 0.25) is 5.79 Å². The van der Waals surface area contributed by atoms with E-state index in [9.17, 15) is 45.6 Å². The van der Waals surface area contributed by atoms with Crippen LogP contribution in [0.3, 0.4) is 0 Å². The molecule has 16 heteroatoms. The molecule has 8 rings (SSSR count). The molecule has 4 aliphatic carbocycles. The highest BCUT2D eigenvalue weighted by molar-refractivity contribution is 5.66. The fraction of sp³-hybridized carbons (Fsp3) is 0.878. The molecule has 0 aromatic rings. The summed E-state index contributed by atoms with van der Waals surface area (Å²) in [6.07, 6.45) is -12.2. The minimum atomic E-state index is -1.73. The summed E-state index contributed by atoms with van der Waals surface area (Å²) in [6, 6.07) is 0. The third-order valence-electron chi connectivity index (χ3n) is 15.8. The van der Waals surface area contributed by atoms with Crippen LogP contribution in [0.25, 0.3) is 0 Å². The number of carbonyl (C=O) groups excluding carboxylic acids is 1. The summed E-state index contributed by atoms with van der Waals surface area (Å²) in [4.78, 5) is 11.7. The largest absolute Gasteiger partial charge is 0.457 e. The predicted molar refractivity (Wildman–Crippen MR) is 195 cm³/mol. The van der Waals surface area contributed by atoms with Crippen LogP contribution in [0.2, 0.25) is 0 Å². The number of esters is 1. The second-order valence-electron chi connectivity index (χ2n) is 18.7. The molecule has 0 bridgehead atoms. The van der Waals surface area contributed by atoms with Crippen molar-refractivity contribution < 1.29 is 78.8 Å². The monoisotopic (exact) mass is 810 g/mol. The first-order valence-electron chi connectivity index (χ1n) is 20.7. The minimum absolute atomic E-state index is 0.0786. The molecule has 322 valence electrons. The van der Waals surface area contributed by atoms with E-state index in [-0.39, 0.29) is 54.1 Å². The molecule has 1 spiro atoms. The van der Waals surface area contributed by atoms with Gasteiger partial charge < -0.3 is 74.0 Å². The van der Waals surface area contributed by atoms with Gasteiger partial charge in [-0.2, -0.15) is 0 Å². The van der Waals surface area contributed by atoms with Gasteiger partial charge in [0, 0.05) is 24.7 Å². The van der Waals surface area contributed by atoms with Crippen molar-refractivity contribution in [3.8, 4) is 0 Å². The van der Waals surface area contributed by atoms with Crippen LogP contribution < -0.4 is 0 Å². The fourth-order valence-electron chi connectivity index (χ4n) is 12.9. The number of ether oxygens (including phenoxy) is 7. The SMILES string of the molecule is C=C1CO[C@@]2(O[C@H]3C[C@H]4[C@@H]5CC=C6C[C@@H](O)C[C@@H](O[C@@H]7O[C@H](CO)[C@H](O)[C@H](O)[C@H]7O[C@@H]7O[C@@H](C)[C@H](OC(C)=O)[C@@H](O)[C@H]7O)[C@]6(C)[C@H]5CC[C@]4(C)[C@H]3[C@@H]2C)[C@@H](O)[C@H]1O. The highest BCUT2D eigenvalue weighted by Gasteiger charge is 2.71. The van der Waals surface area contributed by atoms with E-state index in [0.717, 1.165) is 31.3 Å². The summed E-state index contributed by atoms with van der Waals surface area (Å²) in [5.41, 5.74) is 0.738. The maximum atomic E-state index is 11.7. The van der Waals surface area contributed by atoms with Gasteiger partial charge in [-0.1, -0.05) is 39.0 Å². The molecule has 0 aromatic carbocycles. The molecule has 8 aliphatic rings.